The van der Waals surface area contributed by atoms with Gasteiger partial charge in [-0.15, -0.1) is 0 Å². The van der Waals surface area contributed by atoms with E-state index < -0.39 is 0 Å². The van der Waals surface area contributed by atoms with Gasteiger partial charge in [0, 0.05) is 13.0 Å². The molecular weight excluding hydrogens is 138 g/mol. The van der Waals surface area contributed by atoms with Crippen molar-refractivity contribution < 1.29 is 4.79 Å². The first-order valence-electron chi connectivity index (χ1n) is 4.13. The third-order valence-corrected chi connectivity index (χ3v) is 2.54. The van der Waals surface area contributed by atoms with E-state index >= 15 is 0 Å². The van der Waals surface area contributed by atoms with Crippen molar-refractivity contribution in [3.05, 3.63) is 11.1 Å². The van der Waals surface area contributed by atoms with Gasteiger partial charge in [-0.1, -0.05) is 6.92 Å². The van der Waals surface area contributed by atoms with Crippen molar-refractivity contribution >= 4 is 5.78 Å². The SMILES string of the molecule is CC[C@H]1CC(=O)C(C)=C1CN. The molecule has 1 rings (SSSR count). The topological polar surface area (TPSA) is 43.1 Å². The number of carbonyl (C=O) groups is 1. The average molecular weight is 153 g/mol. The van der Waals surface area contributed by atoms with Gasteiger partial charge in [0.25, 0.3) is 0 Å². The molecule has 0 saturated heterocycles. The fraction of sp³-hybridized carbons (Fsp3) is 0.667. The molecule has 0 aliphatic heterocycles. The molecule has 0 unspecified atom stereocenters. The molecule has 0 amide bonds. The molecule has 2 heteroatoms. The Morgan fingerprint density at radius 2 is 2.27 bits per heavy atom. The molecule has 0 aromatic carbocycles. The predicted molar refractivity (Wildman–Crippen MR) is 45.2 cm³/mol. The Balaban J connectivity index is 2.86. The van der Waals surface area contributed by atoms with Crippen molar-refractivity contribution in [2.45, 2.75) is 26.7 Å². The van der Waals surface area contributed by atoms with E-state index in [0.717, 1.165) is 12.0 Å². The van der Waals surface area contributed by atoms with Crippen LogP contribution in [0.2, 0.25) is 0 Å². The number of nitrogens with two attached hydrogens (primary N) is 1. The summed E-state index contributed by atoms with van der Waals surface area (Å²) < 4.78 is 0. The number of hydrogen-bond donors (Lipinski definition) is 1. The summed E-state index contributed by atoms with van der Waals surface area (Å²) in [5.74, 6) is 0.727. The Hall–Kier alpha value is -0.630. The second kappa shape index (κ2) is 3.18. The van der Waals surface area contributed by atoms with E-state index in [2.05, 4.69) is 6.92 Å². The molecule has 0 fully saturated rings. The summed E-state index contributed by atoms with van der Waals surface area (Å²) in [6, 6.07) is 0. The largest absolute Gasteiger partial charge is 0.327 e. The van der Waals surface area contributed by atoms with Crippen molar-refractivity contribution in [3.8, 4) is 0 Å². The molecule has 11 heavy (non-hydrogen) atoms. The highest BCUT2D eigenvalue weighted by Gasteiger charge is 2.26. The summed E-state index contributed by atoms with van der Waals surface area (Å²) in [6.45, 7) is 4.54. The molecule has 0 saturated carbocycles. The molecule has 1 aliphatic carbocycles. The van der Waals surface area contributed by atoms with Gasteiger partial charge in [-0.05, 0) is 30.4 Å². The lowest BCUT2D eigenvalue weighted by atomic mass is 9.98. The van der Waals surface area contributed by atoms with E-state index in [1.807, 2.05) is 6.92 Å². The molecule has 0 heterocycles. The van der Waals surface area contributed by atoms with Crippen LogP contribution in [-0.2, 0) is 4.79 Å². The van der Waals surface area contributed by atoms with Gasteiger partial charge in [0.1, 0.15) is 0 Å². The molecule has 62 valence electrons. The maximum atomic E-state index is 11.2. The van der Waals surface area contributed by atoms with E-state index in [1.54, 1.807) is 0 Å². The third kappa shape index (κ3) is 1.36. The monoisotopic (exact) mass is 153 g/mol. The van der Waals surface area contributed by atoms with Crippen LogP contribution in [0.4, 0.5) is 0 Å². The number of hydrogen-bond acceptors (Lipinski definition) is 2. The second-order valence-electron chi connectivity index (χ2n) is 3.09. The summed E-state index contributed by atoms with van der Waals surface area (Å²) in [5.41, 5.74) is 7.64. The minimum absolute atomic E-state index is 0.289. The van der Waals surface area contributed by atoms with E-state index in [1.165, 1.54) is 5.57 Å². The van der Waals surface area contributed by atoms with Crippen molar-refractivity contribution in [1.29, 1.82) is 0 Å². The summed E-state index contributed by atoms with van der Waals surface area (Å²) in [5, 5.41) is 0. The lowest BCUT2D eigenvalue weighted by molar-refractivity contribution is -0.115. The van der Waals surface area contributed by atoms with Gasteiger partial charge >= 0.3 is 0 Å². The Kier molecular flexibility index (Phi) is 2.45. The Labute approximate surface area is 67.5 Å². The van der Waals surface area contributed by atoms with Crippen molar-refractivity contribution in [1.82, 2.24) is 0 Å². The Bertz CT molecular complexity index is 206. The molecule has 1 aliphatic rings. The quantitative estimate of drug-likeness (QED) is 0.649. The molecule has 0 spiro atoms. The van der Waals surface area contributed by atoms with E-state index in [-0.39, 0.29) is 5.78 Å². The van der Waals surface area contributed by atoms with Crippen molar-refractivity contribution in [3.63, 3.8) is 0 Å². The van der Waals surface area contributed by atoms with Crippen LogP contribution in [0.15, 0.2) is 11.1 Å². The molecule has 0 aromatic rings. The fourth-order valence-electron chi connectivity index (χ4n) is 1.70. The second-order valence-corrected chi connectivity index (χ2v) is 3.09. The Morgan fingerprint density at radius 1 is 1.64 bits per heavy atom. The lowest BCUT2D eigenvalue weighted by Crippen LogP contribution is -2.09. The van der Waals surface area contributed by atoms with Gasteiger partial charge < -0.3 is 5.73 Å². The van der Waals surface area contributed by atoms with Crippen LogP contribution in [0.5, 0.6) is 0 Å². The molecule has 0 radical (unpaired) electrons. The fourth-order valence-corrected chi connectivity index (χ4v) is 1.70. The minimum atomic E-state index is 0.289. The van der Waals surface area contributed by atoms with E-state index in [0.29, 0.717) is 18.9 Å². The zero-order chi connectivity index (χ0) is 8.43. The van der Waals surface area contributed by atoms with Crippen molar-refractivity contribution in [2.24, 2.45) is 11.7 Å². The molecule has 1 atom stereocenters. The standard InChI is InChI=1S/C9H15NO/c1-3-7-4-9(11)6(2)8(7)5-10/h7H,3-5,10H2,1-2H3/t7-/m0/s1. The van der Waals surface area contributed by atoms with Crippen LogP contribution in [-0.4, -0.2) is 12.3 Å². The minimum Gasteiger partial charge on any atom is -0.327 e. The van der Waals surface area contributed by atoms with Gasteiger partial charge in [0.05, 0.1) is 0 Å². The first kappa shape index (κ1) is 8.47. The van der Waals surface area contributed by atoms with E-state index in [4.69, 9.17) is 5.73 Å². The lowest BCUT2D eigenvalue weighted by Gasteiger charge is -2.08. The van der Waals surface area contributed by atoms with Gasteiger partial charge in [0.2, 0.25) is 0 Å². The van der Waals surface area contributed by atoms with Crippen LogP contribution in [0.3, 0.4) is 0 Å². The van der Waals surface area contributed by atoms with Crippen LogP contribution < -0.4 is 5.73 Å². The molecule has 2 N–H and O–H groups in total. The highest BCUT2D eigenvalue weighted by molar-refractivity contribution is 5.98. The highest BCUT2D eigenvalue weighted by atomic mass is 16.1. The molecular formula is C9H15NO. The number of allylic oxidation sites excluding steroid dienone is 1. The Morgan fingerprint density at radius 3 is 2.64 bits per heavy atom. The molecule has 0 aromatic heterocycles. The first-order valence-corrected chi connectivity index (χ1v) is 4.13. The third-order valence-electron chi connectivity index (χ3n) is 2.54. The maximum absolute atomic E-state index is 11.2. The summed E-state index contributed by atoms with van der Waals surface area (Å²) in [7, 11) is 0. The first-order chi connectivity index (χ1) is 5.20. The number of carbonyl (C=O) groups excluding carboxylic acids is 1. The summed E-state index contributed by atoms with van der Waals surface area (Å²) >= 11 is 0. The maximum Gasteiger partial charge on any atom is 0.159 e. The van der Waals surface area contributed by atoms with E-state index in [9.17, 15) is 4.79 Å². The highest BCUT2D eigenvalue weighted by Crippen LogP contribution is 2.30. The van der Waals surface area contributed by atoms with Crippen LogP contribution in [0.1, 0.15) is 26.7 Å². The number of ketones is 1. The molecule has 0 bridgehead atoms. The van der Waals surface area contributed by atoms with Gasteiger partial charge in [-0.3, -0.25) is 4.79 Å². The van der Waals surface area contributed by atoms with Crippen molar-refractivity contribution in [2.75, 3.05) is 6.54 Å². The predicted octanol–water partition coefficient (Wildman–Crippen LogP) is 1.26. The number of rotatable bonds is 2. The summed E-state index contributed by atoms with van der Waals surface area (Å²) in [4.78, 5) is 11.2. The van der Waals surface area contributed by atoms with Crippen LogP contribution in [0, 0.1) is 5.92 Å². The van der Waals surface area contributed by atoms with Gasteiger partial charge in [0.15, 0.2) is 5.78 Å². The van der Waals surface area contributed by atoms with Crippen LogP contribution >= 0.6 is 0 Å². The van der Waals surface area contributed by atoms with Gasteiger partial charge in [-0.25, -0.2) is 0 Å². The normalized spacial score (nSPS) is 25.0. The zero-order valence-corrected chi connectivity index (χ0v) is 7.18. The van der Waals surface area contributed by atoms with Crippen LogP contribution in [0.25, 0.3) is 0 Å². The summed E-state index contributed by atoms with van der Waals surface area (Å²) in [6.07, 6.45) is 1.73. The molecule has 2 nitrogen and oxygen atoms in total. The average Bonchev–Trinajstić information content (AvgIpc) is 2.28. The zero-order valence-electron chi connectivity index (χ0n) is 7.18. The van der Waals surface area contributed by atoms with Gasteiger partial charge in [-0.2, -0.15) is 0 Å². The number of Topliss-reactive ketones (excluding diaryl/α,β-unsaturated/α-hetero) is 1. The smallest absolute Gasteiger partial charge is 0.159 e.